The quantitative estimate of drug-likeness (QED) is 0.257. The first-order valence-corrected chi connectivity index (χ1v) is 12.3. The van der Waals surface area contributed by atoms with Crippen LogP contribution in [0.4, 0.5) is 4.39 Å². The summed E-state index contributed by atoms with van der Waals surface area (Å²) in [6.07, 6.45) is 3.34. The molecule has 1 saturated heterocycles. The van der Waals surface area contributed by atoms with Crippen LogP contribution in [0.2, 0.25) is 0 Å². The van der Waals surface area contributed by atoms with E-state index in [-0.39, 0.29) is 36.7 Å². The largest absolute Gasteiger partial charge is 0.328 e. The minimum Gasteiger partial charge on any atom is -0.328 e. The number of rotatable bonds is 6. The van der Waals surface area contributed by atoms with E-state index in [0.717, 1.165) is 0 Å². The second kappa shape index (κ2) is 9.85. The Balaban J connectivity index is 1.45. The van der Waals surface area contributed by atoms with Crippen LogP contribution < -0.4 is 0 Å². The number of carbonyl (C=O) groups is 3. The van der Waals surface area contributed by atoms with Gasteiger partial charge in [-0.15, -0.1) is 0 Å². The Hall–Kier alpha value is -3.93. The first-order valence-electron chi connectivity index (χ1n) is 11.5. The zero-order valence-electron chi connectivity index (χ0n) is 19.9. The van der Waals surface area contributed by atoms with Gasteiger partial charge in [0.1, 0.15) is 34.5 Å². The van der Waals surface area contributed by atoms with Crippen LogP contribution in [0, 0.1) is 6.92 Å². The molecule has 12 heteroatoms. The van der Waals surface area contributed by atoms with Crippen molar-refractivity contribution in [1.29, 1.82) is 0 Å². The lowest BCUT2D eigenvalue weighted by Crippen LogP contribution is -2.42. The fraction of sp³-hybridized carbons (Fsp3) is 0.280. The second-order valence-corrected chi connectivity index (χ2v) is 9.59. The molecule has 0 aromatic carbocycles. The smallest absolute Gasteiger partial charge is 0.245 e. The molecule has 2 atom stereocenters. The van der Waals surface area contributed by atoms with Crippen molar-refractivity contribution in [3.63, 3.8) is 0 Å². The van der Waals surface area contributed by atoms with Gasteiger partial charge in [-0.2, -0.15) is 5.10 Å². The molecule has 0 N–H and O–H groups in total. The standard InChI is InChI=1S/C25H21BrFN7O3/c1-13(35)24-17-7-19(15-8-28-14(2)29-9-15)30-10-21(17)34(32-24)12-23(36)33-11-16(27)6-20(33)25(37)18-4-3-5-22(26)31-18/h3-5,7-10,16,20H,6,11-12H2,1-2H3/t16-,20+/m1/s1. The molecule has 5 rings (SSSR count). The first kappa shape index (κ1) is 24.8. The minimum absolute atomic E-state index is 0.110. The maximum Gasteiger partial charge on any atom is 0.245 e. The Morgan fingerprint density at radius 3 is 2.59 bits per heavy atom. The van der Waals surface area contributed by atoms with E-state index in [2.05, 4.69) is 41.0 Å². The van der Waals surface area contributed by atoms with Crippen molar-refractivity contribution in [1.82, 2.24) is 34.6 Å². The predicted octanol–water partition coefficient (Wildman–Crippen LogP) is 3.38. The molecule has 0 saturated carbocycles. The molecule has 1 aliphatic heterocycles. The maximum absolute atomic E-state index is 14.4. The molecule has 1 fully saturated rings. The number of amides is 1. The van der Waals surface area contributed by atoms with E-state index in [9.17, 15) is 18.8 Å². The van der Waals surface area contributed by atoms with Gasteiger partial charge in [0.15, 0.2) is 5.78 Å². The van der Waals surface area contributed by atoms with E-state index >= 15 is 0 Å². The zero-order valence-corrected chi connectivity index (χ0v) is 21.5. The first-order chi connectivity index (χ1) is 17.7. The van der Waals surface area contributed by atoms with Crippen molar-refractivity contribution in [2.24, 2.45) is 0 Å². The Labute approximate surface area is 219 Å². The normalized spacial score (nSPS) is 17.4. The molecule has 4 aromatic heterocycles. The number of Topliss-reactive ketones (excluding diaryl/α,β-unsaturated/α-hetero) is 2. The molecule has 188 valence electrons. The second-order valence-electron chi connectivity index (χ2n) is 8.77. The van der Waals surface area contributed by atoms with Gasteiger partial charge in [0.25, 0.3) is 0 Å². The number of hydrogen-bond acceptors (Lipinski definition) is 8. The highest BCUT2D eigenvalue weighted by molar-refractivity contribution is 9.10. The van der Waals surface area contributed by atoms with Crippen LogP contribution in [0.3, 0.4) is 0 Å². The summed E-state index contributed by atoms with van der Waals surface area (Å²) >= 11 is 3.23. The van der Waals surface area contributed by atoms with Crippen LogP contribution in [0.5, 0.6) is 0 Å². The summed E-state index contributed by atoms with van der Waals surface area (Å²) in [7, 11) is 0. The number of fused-ring (bicyclic) bond motifs is 1. The van der Waals surface area contributed by atoms with Crippen molar-refractivity contribution in [2.75, 3.05) is 6.54 Å². The summed E-state index contributed by atoms with van der Waals surface area (Å²) < 4.78 is 16.2. The summed E-state index contributed by atoms with van der Waals surface area (Å²) in [5.41, 5.74) is 2.00. The van der Waals surface area contributed by atoms with Crippen LogP contribution in [-0.4, -0.2) is 70.8 Å². The van der Waals surface area contributed by atoms with E-state index in [1.807, 2.05) is 0 Å². The molecular formula is C25H21BrFN7O3. The number of halogens is 2. The SMILES string of the molecule is CC(=O)c1nn(CC(=O)N2C[C@H](F)C[C@H]2C(=O)c2cccc(Br)n2)c2cnc(-c3cnc(C)nc3)cc12. The van der Waals surface area contributed by atoms with Crippen LogP contribution in [0.1, 0.15) is 40.1 Å². The van der Waals surface area contributed by atoms with E-state index in [4.69, 9.17) is 0 Å². The van der Waals surface area contributed by atoms with Crippen LogP contribution in [0.25, 0.3) is 22.2 Å². The van der Waals surface area contributed by atoms with Crippen LogP contribution in [-0.2, 0) is 11.3 Å². The average molecular weight is 566 g/mol. The maximum atomic E-state index is 14.4. The third kappa shape index (κ3) is 4.88. The Bertz CT molecular complexity index is 1540. The van der Waals surface area contributed by atoms with E-state index in [1.54, 1.807) is 37.5 Å². The highest BCUT2D eigenvalue weighted by atomic mass is 79.9. The average Bonchev–Trinajstić information content (AvgIpc) is 3.44. The summed E-state index contributed by atoms with van der Waals surface area (Å²) in [5, 5.41) is 4.87. The topological polar surface area (TPSA) is 124 Å². The molecular weight excluding hydrogens is 545 g/mol. The molecule has 0 radical (unpaired) electrons. The number of likely N-dealkylation sites (tertiary alicyclic amines) is 1. The van der Waals surface area contributed by atoms with Crippen molar-refractivity contribution in [2.45, 2.75) is 39.0 Å². The summed E-state index contributed by atoms with van der Waals surface area (Å²) in [5.74, 6) is -0.599. The van der Waals surface area contributed by atoms with E-state index in [1.165, 1.54) is 28.8 Å². The van der Waals surface area contributed by atoms with Gasteiger partial charge in [0.2, 0.25) is 11.7 Å². The third-order valence-electron chi connectivity index (χ3n) is 6.17. The van der Waals surface area contributed by atoms with E-state index < -0.39 is 23.9 Å². The molecule has 0 bridgehead atoms. The molecule has 37 heavy (non-hydrogen) atoms. The van der Waals surface area contributed by atoms with Gasteiger partial charge < -0.3 is 4.90 Å². The molecule has 1 aliphatic rings. The molecule has 5 heterocycles. The highest BCUT2D eigenvalue weighted by Gasteiger charge is 2.40. The number of aryl methyl sites for hydroxylation is 1. The number of hydrogen-bond donors (Lipinski definition) is 0. The van der Waals surface area contributed by atoms with Crippen LogP contribution in [0.15, 0.2) is 47.5 Å². The zero-order chi connectivity index (χ0) is 26.3. The third-order valence-corrected chi connectivity index (χ3v) is 6.61. The van der Waals surface area contributed by atoms with E-state index in [0.29, 0.717) is 32.6 Å². The minimum atomic E-state index is -1.34. The van der Waals surface area contributed by atoms with Crippen LogP contribution >= 0.6 is 15.9 Å². The van der Waals surface area contributed by atoms with Gasteiger partial charge >= 0.3 is 0 Å². The summed E-state index contributed by atoms with van der Waals surface area (Å²) in [6, 6.07) is 5.58. The van der Waals surface area contributed by atoms with Crippen molar-refractivity contribution >= 4 is 44.3 Å². The number of nitrogens with zero attached hydrogens (tertiary/aromatic N) is 7. The van der Waals surface area contributed by atoms with Gasteiger partial charge in [-0.25, -0.2) is 19.3 Å². The lowest BCUT2D eigenvalue weighted by molar-refractivity contribution is -0.132. The van der Waals surface area contributed by atoms with Gasteiger partial charge in [-0.05, 0) is 41.1 Å². The number of ketones is 2. The van der Waals surface area contributed by atoms with Gasteiger partial charge in [0, 0.05) is 36.7 Å². The molecule has 0 aliphatic carbocycles. The van der Waals surface area contributed by atoms with Crippen molar-refractivity contribution < 1.29 is 18.8 Å². The van der Waals surface area contributed by atoms with Gasteiger partial charge in [-0.3, -0.25) is 24.0 Å². The number of aromatic nitrogens is 6. The monoisotopic (exact) mass is 565 g/mol. The Morgan fingerprint density at radius 1 is 1.14 bits per heavy atom. The fourth-order valence-electron chi connectivity index (χ4n) is 4.38. The molecule has 4 aromatic rings. The number of alkyl halides is 1. The lowest BCUT2D eigenvalue weighted by Gasteiger charge is -2.23. The highest BCUT2D eigenvalue weighted by Crippen LogP contribution is 2.27. The number of carbonyl (C=O) groups excluding carboxylic acids is 3. The van der Waals surface area contributed by atoms with Gasteiger partial charge in [0.05, 0.1) is 30.0 Å². The van der Waals surface area contributed by atoms with Crippen molar-refractivity contribution in [3.05, 3.63) is 64.7 Å². The van der Waals surface area contributed by atoms with Gasteiger partial charge in [-0.1, -0.05) is 6.07 Å². The lowest BCUT2D eigenvalue weighted by atomic mass is 10.1. The summed E-state index contributed by atoms with van der Waals surface area (Å²) in [4.78, 5) is 56.9. The molecule has 0 spiro atoms. The predicted molar refractivity (Wildman–Crippen MR) is 135 cm³/mol. The molecule has 0 unspecified atom stereocenters. The Morgan fingerprint density at radius 2 is 1.89 bits per heavy atom. The number of pyridine rings is 2. The Kier molecular flexibility index (Phi) is 6.59. The van der Waals surface area contributed by atoms with Crippen molar-refractivity contribution in [3.8, 4) is 11.3 Å². The fourth-order valence-corrected chi connectivity index (χ4v) is 4.72. The summed E-state index contributed by atoms with van der Waals surface area (Å²) in [6.45, 7) is 2.66. The molecule has 1 amide bonds. The molecule has 10 nitrogen and oxygen atoms in total.